The van der Waals surface area contributed by atoms with E-state index in [9.17, 15) is 9.18 Å². The molecule has 0 saturated carbocycles. The lowest BCUT2D eigenvalue weighted by Crippen LogP contribution is -2.28. The molecule has 1 aromatic heterocycles. The topological polar surface area (TPSA) is 50.3 Å². The Labute approximate surface area is 155 Å². The van der Waals surface area contributed by atoms with Crippen molar-refractivity contribution in [3.63, 3.8) is 0 Å². The number of ether oxygens (including phenoxy) is 1. The van der Waals surface area contributed by atoms with Gasteiger partial charge in [0.2, 0.25) is 0 Å². The molecule has 0 aliphatic heterocycles. The van der Waals surface area contributed by atoms with E-state index in [1.807, 2.05) is 24.3 Å². The van der Waals surface area contributed by atoms with Crippen LogP contribution in [0.5, 0.6) is 5.75 Å². The van der Waals surface area contributed by atoms with Crippen LogP contribution in [0.3, 0.4) is 0 Å². The summed E-state index contributed by atoms with van der Waals surface area (Å²) in [6, 6.07) is 13.4. The lowest BCUT2D eigenvalue weighted by Gasteiger charge is -2.19. The number of nitrogens with zero attached hydrogens (tertiary/aromatic N) is 2. The first-order valence-corrected chi connectivity index (χ1v) is 8.36. The van der Waals surface area contributed by atoms with E-state index >= 15 is 0 Å². The van der Waals surface area contributed by atoms with Gasteiger partial charge in [0.1, 0.15) is 17.3 Å². The van der Waals surface area contributed by atoms with Crippen LogP contribution in [0.25, 0.3) is 5.69 Å². The van der Waals surface area contributed by atoms with E-state index in [0.29, 0.717) is 22.7 Å². The lowest BCUT2D eigenvalue weighted by atomic mass is 10.2. The van der Waals surface area contributed by atoms with Gasteiger partial charge in [0.05, 0.1) is 7.11 Å². The molecular formula is C19H18FN3O2S. The smallest absolute Gasteiger partial charge is 0.272 e. The lowest BCUT2D eigenvalue weighted by molar-refractivity contribution is 0.0776. The van der Waals surface area contributed by atoms with E-state index in [1.165, 1.54) is 12.1 Å². The maximum atomic E-state index is 13.2. The molecule has 3 rings (SSSR count). The molecule has 0 radical (unpaired) electrons. The number of benzene rings is 2. The monoisotopic (exact) mass is 371 g/mol. The third kappa shape index (κ3) is 3.52. The molecule has 1 amide bonds. The number of carbonyl (C=O) groups excluding carboxylic acids is 1. The SMILES string of the molecule is COc1ccccc1CN(C)C(=O)c1c[nH]c(=S)n1-c1ccc(F)cc1. The molecule has 0 atom stereocenters. The highest BCUT2D eigenvalue weighted by Crippen LogP contribution is 2.20. The standard InChI is InChI=1S/C19H18FN3O2S/c1-22(12-13-5-3-4-6-17(13)25-2)18(24)16-11-21-19(26)23(16)15-9-7-14(20)8-10-15/h3-11H,12H2,1-2H3,(H,21,26). The molecule has 134 valence electrons. The molecule has 1 N–H and O–H groups in total. The fourth-order valence-corrected chi connectivity index (χ4v) is 2.99. The Morgan fingerprint density at radius 2 is 1.92 bits per heavy atom. The summed E-state index contributed by atoms with van der Waals surface area (Å²) in [5, 5.41) is 0. The second-order valence-corrected chi connectivity index (χ2v) is 6.15. The summed E-state index contributed by atoms with van der Waals surface area (Å²) in [5.74, 6) is 0.154. The van der Waals surface area contributed by atoms with E-state index < -0.39 is 0 Å². The van der Waals surface area contributed by atoms with Gasteiger partial charge in [-0.2, -0.15) is 0 Å². The van der Waals surface area contributed by atoms with Crippen molar-refractivity contribution in [2.45, 2.75) is 6.54 Å². The fourth-order valence-electron chi connectivity index (χ4n) is 2.73. The van der Waals surface area contributed by atoms with Crippen LogP contribution in [0.2, 0.25) is 0 Å². The average Bonchev–Trinajstić information content (AvgIpc) is 3.03. The van der Waals surface area contributed by atoms with Gasteiger partial charge in [-0.05, 0) is 42.5 Å². The van der Waals surface area contributed by atoms with Gasteiger partial charge in [0, 0.05) is 31.0 Å². The number of para-hydroxylation sites is 1. The second kappa shape index (κ2) is 7.53. The number of nitrogens with one attached hydrogen (secondary N) is 1. The zero-order valence-corrected chi connectivity index (χ0v) is 15.2. The molecule has 0 saturated heterocycles. The highest BCUT2D eigenvalue weighted by Gasteiger charge is 2.19. The third-order valence-electron chi connectivity index (χ3n) is 4.03. The molecule has 0 fully saturated rings. The van der Waals surface area contributed by atoms with Crippen LogP contribution in [0.15, 0.2) is 54.7 Å². The van der Waals surface area contributed by atoms with E-state index in [0.717, 1.165) is 11.3 Å². The predicted molar refractivity (Wildman–Crippen MR) is 99.7 cm³/mol. The van der Waals surface area contributed by atoms with Crippen LogP contribution >= 0.6 is 12.2 Å². The highest BCUT2D eigenvalue weighted by molar-refractivity contribution is 7.71. The molecule has 1 heterocycles. The van der Waals surface area contributed by atoms with Gasteiger partial charge in [-0.3, -0.25) is 9.36 Å². The van der Waals surface area contributed by atoms with Gasteiger partial charge >= 0.3 is 0 Å². The summed E-state index contributed by atoms with van der Waals surface area (Å²) in [6.07, 6.45) is 1.56. The zero-order valence-electron chi connectivity index (χ0n) is 14.4. The van der Waals surface area contributed by atoms with Gasteiger partial charge in [0.25, 0.3) is 5.91 Å². The molecule has 0 aliphatic rings. The van der Waals surface area contributed by atoms with E-state index in [2.05, 4.69) is 4.98 Å². The summed E-state index contributed by atoms with van der Waals surface area (Å²) < 4.78 is 20.5. The number of amides is 1. The number of carbonyl (C=O) groups is 1. The first kappa shape index (κ1) is 17.9. The van der Waals surface area contributed by atoms with Crippen LogP contribution in [0.1, 0.15) is 16.1 Å². The van der Waals surface area contributed by atoms with E-state index in [-0.39, 0.29) is 11.7 Å². The summed E-state index contributed by atoms with van der Waals surface area (Å²) >= 11 is 5.29. The highest BCUT2D eigenvalue weighted by atomic mass is 32.1. The quantitative estimate of drug-likeness (QED) is 0.691. The molecule has 26 heavy (non-hydrogen) atoms. The van der Waals surface area contributed by atoms with Gasteiger partial charge in [0.15, 0.2) is 4.77 Å². The summed E-state index contributed by atoms with van der Waals surface area (Å²) in [4.78, 5) is 17.4. The van der Waals surface area contributed by atoms with E-state index in [1.54, 1.807) is 42.0 Å². The van der Waals surface area contributed by atoms with Crippen LogP contribution < -0.4 is 4.74 Å². The van der Waals surface area contributed by atoms with Crippen LogP contribution in [-0.4, -0.2) is 34.5 Å². The Hall–Kier alpha value is -2.93. The predicted octanol–water partition coefficient (Wildman–Crippen LogP) is 3.95. The van der Waals surface area contributed by atoms with E-state index in [4.69, 9.17) is 17.0 Å². The molecule has 0 aliphatic carbocycles. The van der Waals surface area contributed by atoms with Gasteiger partial charge in [-0.1, -0.05) is 18.2 Å². The molecule has 5 nitrogen and oxygen atoms in total. The number of imidazole rings is 1. The largest absolute Gasteiger partial charge is 0.496 e. The maximum Gasteiger partial charge on any atom is 0.272 e. The Morgan fingerprint density at radius 3 is 2.62 bits per heavy atom. The zero-order chi connectivity index (χ0) is 18.7. The van der Waals surface area contributed by atoms with Crippen LogP contribution in [0.4, 0.5) is 4.39 Å². The van der Waals surface area contributed by atoms with Crippen LogP contribution in [0, 0.1) is 10.6 Å². The number of aromatic amines is 1. The van der Waals surface area contributed by atoms with Crippen molar-refractivity contribution < 1.29 is 13.9 Å². The van der Waals surface area contributed by atoms with Crippen LogP contribution in [-0.2, 0) is 6.54 Å². The Bertz CT molecular complexity index is 979. The molecule has 0 unspecified atom stereocenters. The van der Waals surface area contributed by atoms with Gasteiger partial charge in [-0.25, -0.2) is 4.39 Å². The number of hydrogen-bond acceptors (Lipinski definition) is 3. The molecule has 3 aromatic rings. The fraction of sp³-hybridized carbons (Fsp3) is 0.158. The second-order valence-electron chi connectivity index (χ2n) is 5.76. The number of aromatic nitrogens is 2. The van der Waals surface area contributed by atoms with Gasteiger partial charge in [-0.15, -0.1) is 0 Å². The maximum absolute atomic E-state index is 13.2. The Morgan fingerprint density at radius 1 is 1.23 bits per heavy atom. The summed E-state index contributed by atoms with van der Waals surface area (Å²) in [5.41, 5.74) is 1.89. The van der Waals surface area contributed by atoms with Crippen molar-refractivity contribution in [2.75, 3.05) is 14.2 Å². The minimum absolute atomic E-state index is 0.215. The first-order valence-electron chi connectivity index (χ1n) is 7.95. The van der Waals surface area contributed by atoms with Crippen molar-refractivity contribution in [1.29, 1.82) is 0 Å². The van der Waals surface area contributed by atoms with Crippen molar-refractivity contribution >= 4 is 18.1 Å². The molecule has 0 spiro atoms. The minimum atomic E-state index is -0.350. The Kier molecular flexibility index (Phi) is 5.18. The molecule has 7 heteroatoms. The third-order valence-corrected chi connectivity index (χ3v) is 4.33. The minimum Gasteiger partial charge on any atom is -0.496 e. The number of halogens is 1. The Balaban J connectivity index is 1.91. The first-order chi connectivity index (χ1) is 12.5. The number of rotatable bonds is 5. The number of H-pyrrole nitrogens is 1. The van der Waals surface area contributed by atoms with Crippen molar-refractivity contribution in [3.05, 3.63) is 76.6 Å². The normalized spacial score (nSPS) is 10.6. The average molecular weight is 371 g/mol. The van der Waals surface area contributed by atoms with Crippen molar-refractivity contribution in [2.24, 2.45) is 0 Å². The van der Waals surface area contributed by atoms with Crippen molar-refractivity contribution in [1.82, 2.24) is 14.5 Å². The summed E-state index contributed by atoms with van der Waals surface area (Å²) in [6.45, 7) is 0.379. The summed E-state index contributed by atoms with van der Waals surface area (Å²) in [7, 11) is 3.30. The number of hydrogen-bond donors (Lipinski definition) is 1. The molecular weight excluding hydrogens is 353 g/mol. The van der Waals surface area contributed by atoms with Gasteiger partial charge < -0.3 is 14.6 Å². The molecule has 0 bridgehead atoms. The molecule has 2 aromatic carbocycles. The number of methoxy groups -OCH3 is 1. The van der Waals surface area contributed by atoms with Crippen molar-refractivity contribution in [3.8, 4) is 11.4 Å².